The fourth-order valence-corrected chi connectivity index (χ4v) is 3.43. The molecule has 6 heteroatoms. The number of amides is 1. The fourth-order valence-electron chi connectivity index (χ4n) is 2.88. The van der Waals surface area contributed by atoms with Crippen molar-refractivity contribution in [3.63, 3.8) is 0 Å². The zero-order valence-corrected chi connectivity index (χ0v) is 12.2. The van der Waals surface area contributed by atoms with Gasteiger partial charge in [0, 0.05) is 4.90 Å². The first-order chi connectivity index (χ1) is 10.1. The van der Waals surface area contributed by atoms with Gasteiger partial charge in [-0.25, -0.2) is 0 Å². The molecule has 5 nitrogen and oxygen atoms in total. The van der Waals surface area contributed by atoms with Gasteiger partial charge in [0.25, 0.3) is 0 Å². The lowest BCUT2D eigenvalue weighted by molar-refractivity contribution is -0.145. The van der Waals surface area contributed by atoms with Crippen LogP contribution in [0.5, 0.6) is 0 Å². The third-order valence-corrected chi connectivity index (χ3v) is 4.65. The van der Waals surface area contributed by atoms with Gasteiger partial charge in [-0.1, -0.05) is 24.3 Å². The third-order valence-electron chi connectivity index (χ3n) is 3.85. The summed E-state index contributed by atoms with van der Waals surface area (Å²) >= 11 is 1.53. The van der Waals surface area contributed by atoms with Crippen LogP contribution in [0.2, 0.25) is 0 Å². The first kappa shape index (κ1) is 14.2. The van der Waals surface area contributed by atoms with Crippen molar-refractivity contribution in [2.75, 3.05) is 11.6 Å². The van der Waals surface area contributed by atoms with Crippen LogP contribution in [0.1, 0.15) is 0 Å². The van der Waals surface area contributed by atoms with Gasteiger partial charge < -0.3 is 15.2 Å². The van der Waals surface area contributed by atoms with Crippen molar-refractivity contribution in [3.8, 4) is 0 Å². The van der Waals surface area contributed by atoms with Crippen molar-refractivity contribution in [2.24, 2.45) is 11.8 Å². The molecule has 1 aromatic carbocycles. The summed E-state index contributed by atoms with van der Waals surface area (Å²) in [5, 5.41) is 12.2. The summed E-state index contributed by atoms with van der Waals surface area (Å²) < 4.78 is 5.52. The van der Waals surface area contributed by atoms with Crippen LogP contribution in [0.3, 0.4) is 0 Å². The van der Waals surface area contributed by atoms with E-state index in [0.717, 1.165) is 4.90 Å². The number of aliphatic carboxylic acids is 1. The second-order valence-corrected chi connectivity index (χ2v) is 5.88. The van der Waals surface area contributed by atoms with Crippen molar-refractivity contribution in [1.29, 1.82) is 0 Å². The number of carboxylic acid groups (broad SMARTS) is 1. The van der Waals surface area contributed by atoms with E-state index in [9.17, 15) is 14.7 Å². The molecular weight excluding hydrogens is 290 g/mol. The van der Waals surface area contributed by atoms with Crippen LogP contribution in [0.4, 0.5) is 5.69 Å². The van der Waals surface area contributed by atoms with Crippen LogP contribution in [-0.2, 0) is 14.3 Å². The number of carbonyl (C=O) groups is 2. The molecule has 4 atom stereocenters. The van der Waals surface area contributed by atoms with E-state index in [1.165, 1.54) is 11.8 Å². The Balaban J connectivity index is 1.82. The molecule has 0 unspecified atom stereocenters. The Morgan fingerprint density at radius 2 is 1.86 bits per heavy atom. The summed E-state index contributed by atoms with van der Waals surface area (Å²) in [6, 6.07) is 7.45. The van der Waals surface area contributed by atoms with Crippen molar-refractivity contribution in [3.05, 3.63) is 36.4 Å². The highest BCUT2D eigenvalue weighted by Crippen LogP contribution is 2.40. The standard InChI is InChI=1S/C15H15NO4S/c1-21-11-5-3-2-4-8(11)16-14(17)12-9-6-7-10(20-9)13(12)15(18)19/h2-7,9-10,12-13H,1H3,(H,16,17)(H,18,19)/t9-,10-,12+,13-/m1/s1. The average molecular weight is 305 g/mol. The molecule has 1 amide bonds. The smallest absolute Gasteiger partial charge is 0.310 e. The molecule has 21 heavy (non-hydrogen) atoms. The maximum absolute atomic E-state index is 12.5. The fraction of sp³-hybridized carbons (Fsp3) is 0.333. The number of para-hydroxylation sites is 1. The van der Waals surface area contributed by atoms with E-state index in [-0.39, 0.29) is 5.91 Å². The van der Waals surface area contributed by atoms with Gasteiger partial charge in [-0.3, -0.25) is 9.59 Å². The zero-order valence-electron chi connectivity index (χ0n) is 11.4. The first-order valence-corrected chi connectivity index (χ1v) is 7.85. The number of ether oxygens (including phenoxy) is 1. The Bertz CT molecular complexity index is 615. The minimum Gasteiger partial charge on any atom is -0.481 e. The third kappa shape index (κ3) is 2.45. The zero-order chi connectivity index (χ0) is 15.0. The van der Waals surface area contributed by atoms with Crippen LogP contribution < -0.4 is 5.32 Å². The normalized spacial score (nSPS) is 29.6. The maximum atomic E-state index is 12.5. The summed E-state index contributed by atoms with van der Waals surface area (Å²) in [5.41, 5.74) is 0.700. The van der Waals surface area contributed by atoms with Crippen LogP contribution >= 0.6 is 11.8 Å². The van der Waals surface area contributed by atoms with E-state index in [1.54, 1.807) is 12.2 Å². The minimum atomic E-state index is -0.995. The van der Waals surface area contributed by atoms with Gasteiger partial charge in [0.05, 0.1) is 23.8 Å². The van der Waals surface area contributed by atoms with E-state index in [4.69, 9.17) is 4.74 Å². The molecule has 0 radical (unpaired) electrons. The lowest BCUT2D eigenvalue weighted by Crippen LogP contribution is -2.39. The number of carbonyl (C=O) groups excluding carboxylic acids is 1. The number of benzene rings is 1. The lowest BCUT2D eigenvalue weighted by atomic mass is 9.82. The topological polar surface area (TPSA) is 75.6 Å². The Morgan fingerprint density at radius 3 is 2.52 bits per heavy atom. The highest BCUT2D eigenvalue weighted by atomic mass is 32.2. The average Bonchev–Trinajstić information content (AvgIpc) is 3.08. The predicted octanol–water partition coefficient (Wildman–Crippen LogP) is 2.00. The Kier molecular flexibility index (Phi) is 3.73. The molecule has 2 bridgehead atoms. The van der Waals surface area contributed by atoms with Crippen molar-refractivity contribution < 1.29 is 19.4 Å². The van der Waals surface area contributed by atoms with Gasteiger partial charge in [-0.05, 0) is 18.4 Å². The summed E-state index contributed by atoms with van der Waals surface area (Å²) in [6.45, 7) is 0. The van der Waals surface area contributed by atoms with E-state index >= 15 is 0 Å². The van der Waals surface area contributed by atoms with Crippen LogP contribution in [0.25, 0.3) is 0 Å². The highest BCUT2D eigenvalue weighted by Gasteiger charge is 2.53. The number of hydrogen-bond acceptors (Lipinski definition) is 4. The molecule has 2 aliphatic rings. The summed E-state index contributed by atoms with van der Waals surface area (Å²) in [7, 11) is 0. The first-order valence-electron chi connectivity index (χ1n) is 6.62. The molecular formula is C15H15NO4S. The summed E-state index contributed by atoms with van der Waals surface area (Å²) in [6.07, 6.45) is 4.48. The van der Waals surface area contributed by atoms with E-state index in [2.05, 4.69) is 5.32 Å². The molecule has 0 spiro atoms. The Hall–Kier alpha value is -1.79. The predicted molar refractivity (Wildman–Crippen MR) is 79.3 cm³/mol. The van der Waals surface area contributed by atoms with Crippen LogP contribution in [-0.4, -0.2) is 35.4 Å². The largest absolute Gasteiger partial charge is 0.481 e. The monoisotopic (exact) mass is 305 g/mol. The number of fused-ring (bicyclic) bond motifs is 2. The maximum Gasteiger partial charge on any atom is 0.310 e. The SMILES string of the molecule is CSc1ccccc1NC(=O)[C@@H]1[C@H](C(=O)O)[C@H]2C=C[C@H]1O2. The lowest BCUT2D eigenvalue weighted by Gasteiger charge is -2.21. The van der Waals surface area contributed by atoms with E-state index in [1.807, 2.05) is 30.5 Å². The second-order valence-electron chi connectivity index (χ2n) is 5.03. The van der Waals surface area contributed by atoms with E-state index in [0.29, 0.717) is 5.69 Å². The molecule has 1 fully saturated rings. The molecule has 2 aliphatic heterocycles. The minimum absolute atomic E-state index is 0.305. The van der Waals surface area contributed by atoms with Gasteiger partial charge in [0.15, 0.2) is 0 Å². The number of carboxylic acids is 1. The highest BCUT2D eigenvalue weighted by molar-refractivity contribution is 7.98. The molecule has 0 aliphatic carbocycles. The van der Waals surface area contributed by atoms with Crippen molar-refractivity contribution in [1.82, 2.24) is 0 Å². The van der Waals surface area contributed by atoms with Crippen LogP contribution in [0, 0.1) is 11.8 Å². The van der Waals surface area contributed by atoms with Gasteiger partial charge in [0.1, 0.15) is 5.92 Å². The number of rotatable bonds is 4. The van der Waals surface area contributed by atoms with Crippen molar-refractivity contribution in [2.45, 2.75) is 17.1 Å². The second kappa shape index (κ2) is 5.54. The molecule has 0 saturated carbocycles. The van der Waals surface area contributed by atoms with E-state index < -0.39 is 30.0 Å². The Morgan fingerprint density at radius 1 is 1.19 bits per heavy atom. The number of anilines is 1. The molecule has 0 aromatic heterocycles. The van der Waals surface area contributed by atoms with Crippen molar-refractivity contribution >= 4 is 29.3 Å². The van der Waals surface area contributed by atoms with Gasteiger partial charge in [-0.2, -0.15) is 0 Å². The number of thioether (sulfide) groups is 1. The summed E-state index contributed by atoms with van der Waals surface area (Å²) in [5.74, 6) is -2.81. The molecule has 2 N–H and O–H groups in total. The van der Waals surface area contributed by atoms with Gasteiger partial charge in [-0.15, -0.1) is 11.8 Å². The number of nitrogens with one attached hydrogen (secondary N) is 1. The quantitative estimate of drug-likeness (QED) is 0.657. The van der Waals surface area contributed by atoms with Gasteiger partial charge in [0.2, 0.25) is 5.91 Å². The molecule has 3 rings (SSSR count). The molecule has 110 valence electrons. The van der Waals surface area contributed by atoms with Crippen LogP contribution in [0.15, 0.2) is 41.3 Å². The molecule has 2 heterocycles. The summed E-state index contributed by atoms with van der Waals surface area (Å²) in [4.78, 5) is 24.8. The number of hydrogen-bond donors (Lipinski definition) is 2. The molecule has 1 saturated heterocycles. The van der Waals surface area contributed by atoms with Gasteiger partial charge >= 0.3 is 5.97 Å². The Labute approximate surface area is 126 Å². The molecule has 1 aromatic rings.